The molecule has 2 aromatic rings. The molecule has 4 heteroatoms. The molecule has 0 atom stereocenters. The van der Waals surface area contributed by atoms with Crippen molar-refractivity contribution >= 4 is 17.5 Å². The highest BCUT2D eigenvalue weighted by Gasteiger charge is 2.08. The largest absolute Gasteiger partial charge is 0.356 e. The topological polar surface area (TPSA) is 41.1 Å². The SMILES string of the molecule is CCCN(CCC)c1ccnc(Nc2ccc(C)cc2C)n1. The van der Waals surface area contributed by atoms with Crippen molar-refractivity contribution in [2.75, 3.05) is 23.3 Å². The lowest BCUT2D eigenvalue weighted by molar-refractivity contribution is 0.733. The van der Waals surface area contributed by atoms with Crippen molar-refractivity contribution < 1.29 is 0 Å². The first-order chi connectivity index (χ1) is 10.6. The third kappa shape index (κ3) is 4.20. The van der Waals surface area contributed by atoms with Gasteiger partial charge in [0.05, 0.1) is 0 Å². The van der Waals surface area contributed by atoms with Crippen molar-refractivity contribution in [1.82, 2.24) is 9.97 Å². The number of hydrogen-bond donors (Lipinski definition) is 1. The number of anilines is 3. The van der Waals surface area contributed by atoms with Crippen LogP contribution in [0.25, 0.3) is 0 Å². The molecule has 0 fully saturated rings. The first-order valence-electron chi connectivity index (χ1n) is 8.06. The van der Waals surface area contributed by atoms with Crippen LogP contribution in [0.4, 0.5) is 17.5 Å². The zero-order chi connectivity index (χ0) is 15.9. The fourth-order valence-corrected chi connectivity index (χ4v) is 2.54. The number of nitrogens with one attached hydrogen (secondary N) is 1. The number of benzene rings is 1. The zero-order valence-electron chi connectivity index (χ0n) is 14.1. The van der Waals surface area contributed by atoms with Crippen LogP contribution < -0.4 is 10.2 Å². The fourth-order valence-electron chi connectivity index (χ4n) is 2.54. The van der Waals surface area contributed by atoms with E-state index >= 15 is 0 Å². The third-order valence-electron chi connectivity index (χ3n) is 3.58. The molecule has 1 N–H and O–H groups in total. The van der Waals surface area contributed by atoms with Gasteiger partial charge in [-0.15, -0.1) is 0 Å². The van der Waals surface area contributed by atoms with Gasteiger partial charge in [-0.25, -0.2) is 4.98 Å². The molecule has 22 heavy (non-hydrogen) atoms. The molecule has 0 saturated carbocycles. The molecule has 2 rings (SSSR count). The maximum absolute atomic E-state index is 4.67. The van der Waals surface area contributed by atoms with Gasteiger partial charge in [0.1, 0.15) is 5.82 Å². The van der Waals surface area contributed by atoms with Gasteiger partial charge >= 0.3 is 0 Å². The average Bonchev–Trinajstić information content (AvgIpc) is 2.50. The smallest absolute Gasteiger partial charge is 0.229 e. The second kappa shape index (κ2) is 7.78. The van der Waals surface area contributed by atoms with E-state index < -0.39 is 0 Å². The number of aryl methyl sites for hydroxylation is 2. The van der Waals surface area contributed by atoms with Crippen molar-refractivity contribution in [3.8, 4) is 0 Å². The van der Waals surface area contributed by atoms with E-state index in [9.17, 15) is 0 Å². The van der Waals surface area contributed by atoms with E-state index in [-0.39, 0.29) is 0 Å². The molecule has 0 spiro atoms. The molecule has 0 aliphatic carbocycles. The van der Waals surface area contributed by atoms with Crippen LogP contribution in [0.2, 0.25) is 0 Å². The van der Waals surface area contributed by atoms with Crippen LogP contribution in [0.15, 0.2) is 30.5 Å². The second-order valence-electron chi connectivity index (χ2n) is 5.67. The Bertz CT molecular complexity index is 604. The Labute approximate surface area is 133 Å². The maximum atomic E-state index is 4.67. The van der Waals surface area contributed by atoms with Crippen molar-refractivity contribution in [3.05, 3.63) is 41.6 Å². The minimum atomic E-state index is 0.654. The Balaban J connectivity index is 2.20. The molecule has 0 saturated heterocycles. The molecule has 1 aromatic heterocycles. The number of aromatic nitrogens is 2. The van der Waals surface area contributed by atoms with Crippen LogP contribution in [0.1, 0.15) is 37.8 Å². The van der Waals surface area contributed by atoms with Crippen LogP contribution in [0.3, 0.4) is 0 Å². The maximum Gasteiger partial charge on any atom is 0.229 e. The van der Waals surface area contributed by atoms with E-state index in [1.54, 1.807) is 0 Å². The van der Waals surface area contributed by atoms with Gasteiger partial charge in [-0.2, -0.15) is 4.98 Å². The van der Waals surface area contributed by atoms with Crippen LogP contribution >= 0.6 is 0 Å². The monoisotopic (exact) mass is 298 g/mol. The Morgan fingerprint density at radius 1 is 1.05 bits per heavy atom. The number of hydrogen-bond acceptors (Lipinski definition) is 4. The van der Waals surface area contributed by atoms with Gasteiger partial charge in [0.2, 0.25) is 5.95 Å². The first kappa shape index (κ1) is 16.3. The molecule has 0 amide bonds. The highest BCUT2D eigenvalue weighted by molar-refractivity contribution is 5.59. The fraction of sp³-hybridized carbons (Fsp3) is 0.444. The summed E-state index contributed by atoms with van der Waals surface area (Å²) >= 11 is 0. The normalized spacial score (nSPS) is 10.5. The summed E-state index contributed by atoms with van der Waals surface area (Å²) in [6.45, 7) is 10.6. The quantitative estimate of drug-likeness (QED) is 0.819. The molecule has 0 radical (unpaired) electrons. The Kier molecular flexibility index (Phi) is 5.75. The highest BCUT2D eigenvalue weighted by atomic mass is 15.2. The average molecular weight is 298 g/mol. The minimum Gasteiger partial charge on any atom is -0.356 e. The van der Waals surface area contributed by atoms with Crippen molar-refractivity contribution in [3.63, 3.8) is 0 Å². The van der Waals surface area contributed by atoms with Gasteiger partial charge in [-0.05, 0) is 44.4 Å². The predicted octanol–water partition coefficient (Wildman–Crippen LogP) is 4.46. The molecule has 0 aliphatic heterocycles. The van der Waals surface area contributed by atoms with E-state index in [2.05, 4.69) is 66.1 Å². The molecule has 0 aliphatic rings. The van der Waals surface area contributed by atoms with Crippen molar-refractivity contribution in [2.45, 2.75) is 40.5 Å². The third-order valence-corrected chi connectivity index (χ3v) is 3.58. The molecular formula is C18H26N4. The van der Waals surface area contributed by atoms with Gasteiger partial charge in [0.15, 0.2) is 0 Å². The summed E-state index contributed by atoms with van der Waals surface area (Å²) in [6, 6.07) is 8.32. The Morgan fingerprint density at radius 2 is 1.77 bits per heavy atom. The van der Waals surface area contributed by atoms with Crippen LogP contribution in [-0.2, 0) is 0 Å². The molecule has 0 bridgehead atoms. The Hall–Kier alpha value is -2.10. The molecule has 118 valence electrons. The van der Waals surface area contributed by atoms with Gasteiger partial charge in [0.25, 0.3) is 0 Å². The molecule has 4 nitrogen and oxygen atoms in total. The summed E-state index contributed by atoms with van der Waals surface area (Å²) in [5, 5.41) is 3.33. The highest BCUT2D eigenvalue weighted by Crippen LogP contribution is 2.21. The van der Waals surface area contributed by atoms with Crippen LogP contribution in [0.5, 0.6) is 0 Å². The minimum absolute atomic E-state index is 0.654. The summed E-state index contributed by atoms with van der Waals surface area (Å²) < 4.78 is 0. The Morgan fingerprint density at radius 3 is 2.41 bits per heavy atom. The lowest BCUT2D eigenvalue weighted by Crippen LogP contribution is -2.26. The van der Waals surface area contributed by atoms with Crippen LogP contribution in [0, 0.1) is 13.8 Å². The van der Waals surface area contributed by atoms with Gasteiger partial charge in [0, 0.05) is 25.0 Å². The van der Waals surface area contributed by atoms with Crippen molar-refractivity contribution in [1.29, 1.82) is 0 Å². The van der Waals surface area contributed by atoms with Crippen molar-refractivity contribution in [2.24, 2.45) is 0 Å². The zero-order valence-corrected chi connectivity index (χ0v) is 14.1. The summed E-state index contributed by atoms with van der Waals surface area (Å²) in [5.41, 5.74) is 3.52. The number of nitrogens with zero attached hydrogens (tertiary/aromatic N) is 3. The predicted molar refractivity (Wildman–Crippen MR) is 94.0 cm³/mol. The molecule has 1 heterocycles. The van der Waals surface area contributed by atoms with E-state index in [4.69, 9.17) is 0 Å². The van der Waals surface area contributed by atoms with Crippen LogP contribution in [-0.4, -0.2) is 23.1 Å². The summed E-state index contributed by atoms with van der Waals surface area (Å²) in [7, 11) is 0. The van der Waals surface area contributed by atoms with Gasteiger partial charge < -0.3 is 10.2 Å². The lowest BCUT2D eigenvalue weighted by atomic mass is 10.1. The first-order valence-corrected chi connectivity index (χ1v) is 8.06. The molecular weight excluding hydrogens is 272 g/mol. The standard InChI is InChI=1S/C18H26N4/c1-5-11-22(12-6-2)17-9-10-19-18(21-17)20-16-8-7-14(3)13-15(16)4/h7-10,13H,5-6,11-12H2,1-4H3,(H,19,20,21). The van der Waals surface area contributed by atoms with E-state index in [0.717, 1.165) is 37.4 Å². The molecule has 0 unspecified atom stereocenters. The summed E-state index contributed by atoms with van der Waals surface area (Å²) in [5.74, 6) is 1.65. The summed E-state index contributed by atoms with van der Waals surface area (Å²) in [4.78, 5) is 11.3. The summed E-state index contributed by atoms with van der Waals surface area (Å²) in [6.07, 6.45) is 4.06. The number of rotatable bonds is 7. The molecule has 1 aromatic carbocycles. The van der Waals surface area contributed by atoms with Gasteiger partial charge in [-0.1, -0.05) is 31.5 Å². The lowest BCUT2D eigenvalue weighted by Gasteiger charge is -2.22. The van der Waals surface area contributed by atoms with E-state index in [1.165, 1.54) is 11.1 Å². The van der Waals surface area contributed by atoms with E-state index in [0.29, 0.717) is 5.95 Å². The van der Waals surface area contributed by atoms with Gasteiger partial charge in [-0.3, -0.25) is 0 Å². The second-order valence-corrected chi connectivity index (χ2v) is 5.67. The van der Waals surface area contributed by atoms with E-state index in [1.807, 2.05) is 12.3 Å².